The van der Waals surface area contributed by atoms with E-state index in [4.69, 9.17) is 4.11 Å². The summed E-state index contributed by atoms with van der Waals surface area (Å²) >= 11 is 0. The zero-order chi connectivity index (χ0) is 68.8. The van der Waals surface area contributed by atoms with E-state index in [2.05, 4.69) is 111 Å². The van der Waals surface area contributed by atoms with E-state index in [0.29, 0.717) is 16.2 Å². The molecule has 20 aliphatic rings. The molecule has 3 spiro atoms. The second-order valence-electron chi connectivity index (χ2n) is 43.3. The third-order valence-corrected chi connectivity index (χ3v) is 31.3. The van der Waals surface area contributed by atoms with Crippen LogP contribution in [-0.4, -0.2) is 0 Å². The molecule has 12 bridgehead atoms. The van der Waals surface area contributed by atoms with Crippen LogP contribution in [0.25, 0.3) is 0 Å². The smallest absolute Gasteiger partial charge is 0.0236 e. The van der Waals surface area contributed by atoms with Crippen molar-refractivity contribution in [1.82, 2.24) is 0 Å². The third-order valence-electron chi connectivity index (χ3n) is 31.3. The minimum absolute atomic E-state index is 0.500. The van der Waals surface area contributed by atoms with Gasteiger partial charge in [-0.05, 0) is 362 Å². The number of fused-ring (bicyclic) bond motifs is 6. The lowest BCUT2D eigenvalue weighted by Crippen LogP contribution is -2.45. The highest BCUT2D eigenvalue weighted by molar-refractivity contribution is 5.02. The monoisotopic (exact) mass is 1260 g/mol. The van der Waals surface area contributed by atoms with Gasteiger partial charge in [-0.25, -0.2) is 0 Å². The molecule has 0 heterocycles. The first-order valence-corrected chi connectivity index (χ1v) is 42.3. The molecular weight excluding hydrogens is 1090 g/mol. The van der Waals surface area contributed by atoms with E-state index >= 15 is 0 Å². The molecule has 20 fully saturated rings. The third kappa shape index (κ3) is 23.0. The lowest BCUT2D eigenvalue weighted by atomic mass is 9.49. The van der Waals surface area contributed by atoms with E-state index in [-0.39, 0.29) is 0 Å². The summed E-state index contributed by atoms with van der Waals surface area (Å²) in [7, 11) is 0. The van der Waals surface area contributed by atoms with Crippen LogP contribution in [0.15, 0.2) is 0 Å². The second kappa shape index (κ2) is 32.5. The maximum absolute atomic E-state index is 6.92. The van der Waals surface area contributed by atoms with Crippen molar-refractivity contribution < 1.29 is 4.11 Å². The quantitative estimate of drug-likeness (QED) is 0.245. The summed E-state index contributed by atoms with van der Waals surface area (Å²) in [5, 5.41) is 0. The van der Waals surface area contributed by atoms with Gasteiger partial charge in [0.2, 0.25) is 0 Å². The molecule has 20 rings (SSSR count). The van der Waals surface area contributed by atoms with Crippen LogP contribution in [0.1, 0.15) is 438 Å². The summed E-state index contributed by atoms with van der Waals surface area (Å²) in [6.07, 6.45) is 70.9. The normalized spacial score (nSPS) is 41.6. The zero-order valence-electron chi connectivity index (χ0n) is 68.8. The summed E-state index contributed by atoms with van der Waals surface area (Å²) < 4.78 is 20.8. The minimum Gasteiger partial charge on any atom is -0.0649 e. The molecule has 20 saturated carbocycles. The molecule has 0 amide bonds. The minimum atomic E-state index is -1.81. The van der Waals surface area contributed by atoms with Crippen LogP contribution in [0.2, 0.25) is 0 Å². The van der Waals surface area contributed by atoms with Crippen molar-refractivity contribution in [1.29, 1.82) is 0 Å². The lowest BCUT2D eigenvalue weighted by molar-refractivity contribution is -0.0545. The first kappa shape index (κ1) is 72.3. The van der Waals surface area contributed by atoms with Crippen molar-refractivity contribution in [2.75, 3.05) is 0 Å². The Morgan fingerprint density at radius 1 is 0.341 bits per heavy atom. The molecule has 532 valence electrons. The second-order valence-corrected chi connectivity index (χ2v) is 43.3. The van der Waals surface area contributed by atoms with Gasteiger partial charge in [-0.1, -0.05) is 215 Å². The van der Waals surface area contributed by atoms with Crippen LogP contribution < -0.4 is 0 Å². The van der Waals surface area contributed by atoms with Crippen molar-refractivity contribution in [2.24, 2.45) is 143 Å². The largest absolute Gasteiger partial charge is 0.0649 e. The molecule has 0 aromatic rings. The fourth-order valence-corrected chi connectivity index (χ4v) is 25.2. The molecule has 91 heavy (non-hydrogen) atoms. The van der Waals surface area contributed by atoms with Gasteiger partial charge in [0.15, 0.2) is 0 Å². The molecule has 0 radical (unpaired) electrons. The Hall–Kier alpha value is 0. The van der Waals surface area contributed by atoms with Crippen LogP contribution in [0.5, 0.6) is 0 Å². The fraction of sp³-hybridized carbons (Fsp3) is 1.00. The van der Waals surface area contributed by atoms with Crippen LogP contribution in [0, 0.1) is 143 Å². The molecular formula is C91H168. The molecule has 0 aromatic carbocycles. The Bertz CT molecular complexity index is 2030. The van der Waals surface area contributed by atoms with Crippen LogP contribution in [0.3, 0.4) is 0 Å². The maximum Gasteiger partial charge on any atom is 0.0236 e. The number of hydrogen-bond donors (Lipinski definition) is 0. The van der Waals surface area contributed by atoms with Gasteiger partial charge in [0.1, 0.15) is 0 Å². The molecule has 3 atom stereocenters. The Morgan fingerprint density at radius 2 is 0.626 bits per heavy atom. The average molecular weight is 1270 g/mol. The molecule has 0 saturated heterocycles. The topological polar surface area (TPSA) is 0 Å². The highest BCUT2D eigenvalue weighted by Crippen LogP contribution is 2.63. The van der Waals surface area contributed by atoms with Gasteiger partial charge in [0, 0.05) is 4.11 Å². The van der Waals surface area contributed by atoms with Crippen molar-refractivity contribution in [3.8, 4) is 0 Å². The van der Waals surface area contributed by atoms with Crippen LogP contribution in [0.4, 0.5) is 0 Å². The summed E-state index contributed by atoms with van der Waals surface area (Å²) in [4.78, 5) is 0. The predicted octanol–water partition coefficient (Wildman–Crippen LogP) is 30.2. The SMILES string of the molecule is CC(C)(C)C.CC12CC3CC(CC(C3)C1)C2.CC1C2CCC(CC2)[C@H]1C.CC1CCC2(CC1)CCC(C)(C)CC2.CC1CCC2(CCCC2)CC1.CC1CCC2(CCCCC2)CC1.CCC12CC3CC(CC(C3)C1)C2.C[C@@H]1C2CCC(CC2)C1(C)C.[2H]C([2H])([2H])C(C)(C)C. The molecule has 1 unspecified atom stereocenters. The van der Waals surface area contributed by atoms with Gasteiger partial charge in [0.05, 0.1) is 0 Å². The van der Waals surface area contributed by atoms with E-state index in [1.165, 1.54) is 167 Å². The first-order chi connectivity index (χ1) is 43.8. The molecule has 0 N–H and O–H groups in total. The highest BCUT2D eigenvalue weighted by Gasteiger charge is 2.51. The van der Waals surface area contributed by atoms with E-state index < -0.39 is 12.3 Å². The summed E-state index contributed by atoms with van der Waals surface area (Å²) in [6, 6.07) is 0. The van der Waals surface area contributed by atoms with E-state index in [1.807, 2.05) is 0 Å². The number of hydrogen-bond acceptors (Lipinski definition) is 0. The first-order valence-electron chi connectivity index (χ1n) is 43.8. The van der Waals surface area contributed by atoms with Crippen molar-refractivity contribution in [3.05, 3.63) is 0 Å². The number of rotatable bonds is 1. The predicted molar refractivity (Wildman–Crippen MR) is 404 cm³/mol. The Kier molecular flexibility index (Phi) is 25.8. The van der Waals surface area contributed by atoms with Gasteiger partial charge < -0.3 is 0 Å². The van der Waals surface area contributed by atoms with Gasteiger partial charge in [-0.3, -0.25) is 0 Å². The Labute approximate surface area is 578 Å². The average Bonchev–Trinajstić information content (AvgIpc) is 0.927. The summed E-state index contributed by atoms with van der Waals surface area (Å²) in [5.41, 5.74) is 5.37. The fourth-order valence-electron chi connectivity index (χ4n) is 25.2. The molecule has 0 nitrogen and oxygen atoms in total. The summed E-state index contributed by atoms with van der Waals surface area (Å²) in [6.45, 7) is 41.5. The molecule has 0 heteroatoms. The summed E-state index contributed by atoms with van der Waals surface area (Å²) in [5.74, 6) is 17.3. The maximum atomic E-state index is 6.92. The van der Waals surface area contributed by atoms with E-state index in [0.717, 1.165) is 122 Å². The standard InChI is InChI=1S/C14H26.C12H20.C12H22.C11H18.2C11H20.C10H18.2C5H12/c1-12-4-6-14(7-5-12)10-8-13(2,3)9-11-14;1-2-12-6-9-3-10(7-12)5-11(4-9)8-12;1-11-5-9-12(10-6-11)7-3-2-4-8-12;1-11-5-8-2-9(6-11)4-10(3-8)7-11;1-8-9-4-6-10(7-5-9)11(8,2)3;1-10-4-8-11(9-5-10)6-2-3-7-11;1-7-8(2)10-5-3-9(7)4-6-10;2*1-5(2,3)4/h12H,4-11H2,1-3H3;9-11H,2-8H2,1H3;11H,2-10H2,1H3;8-10H,2-7H2,1H3;8-10H,4-7H2,1-3H3;10H,2-9H2,1H3;7-10H,3-6H2,1-2H3;2*1-4H3/t;;;;8-,9?,10?;;7-,8?,9?,10?;;/m....1.0../s1/i;;;;;;;1D3;. The Balaban J connectivity index is 0.000000137. The van der Waals surface area contributed by atoms with Crippen LogP contribution >= 0.6 is 0 Å². The van der Waals surface area contributed by atoms with Crippen LogP contribution in [-0.2, 0) is 0 Å². The van der Waals surface area contributed by atoms with Gasteiger partial charge in [-0.15, -0.1) is 0 Å². The van der Waals surface area contributed by atoms with E-state index in [9.17, 15) is 0 Å². The zero-order valence-corrected chi connectivity index (χ0v) is 65.8. The highest BCUT2D eigenvalue weighted by atomic mass is 14.6. The van der Waals surface area contributed by atoms with Crippen molar-refractivity contribution >= 4 is 0 Å². The molecule has 0 aliphatic heterocycles. The van der Waals surface area contributed by atoms with Gasteiger partial charge in [-0.2, -0.15) is 0 Å². The van der Waals surface area contributed by atoms with Crippen molar-refractivity contribution in [2.45, 2.75) is 434 Å². The molecule has 20 aliphatic carbocycles. The molecule has 0 aromatic heterocycles. The lowest BCUT2D eigenvalue weighted by Gasteiger charge is -2.56. The van der Waals surface area contributed by atoms with Gasteiger partial charge in [0.25, 0.3) is 0 Å². The van der Waals surface area contributed by atoms with E-state index in [1.54, 1.807) is 149 Å². The van der Waals surface area contributed by atoms with Crippen molar-refractivity contribution in [3.63, 3.8) is 0 Å². The van der Waals surface area contributed by atoms with Gasteiger partial charge >= 0.3 is 0 Å². The Morgan fingerprint density at radius 3 is 0.879 bits per heavy atom.